The van der Waals surface area contributed by atoms with Crippen LogP contribution in [0.5, 0.6) is 0 Å². The number of nitrogens with zero attached hydrogens (tertiary/aromatic N) is 5. The lowest BCUT2D eigenvalue weighted by atomic mass is 10.1. The fraction of sp³-hybridized carbons (Fsp3) is 0.316. The monoisotopic (exact) mass is 422 g/mol. The van der Waals surface area contributed by atoms with Gasteiger partial charge in [-0.3, -0.25) is 4.79 Å². The number of aryl methyl sites for hydroxylation is 1. The van der Waals surface area contributed by atoms with Crippen molar-refractivity contribution in [2.45, 2.75) is 6.54 Å². The van der Waals surface area contributed by atoms with Crippen molar-refractivity contribution in [3.63, 3.8) is 0 Å². The molecule has 1 aliphatic rings. The summed E-state index contributed by atoms with van der Waals surface area (Å²) in [5, 5.41) is 3.27. The van der Waals surface area contributed by atoms with Crippen LogP contribution in [0.2, 0.25) is 0 Å². The van der Waals surface area contributed by atoms with Gasteiger partial charge >= 0.3 is 0 Å². The number of benzene rings is 1. The van der Waals surface area contributed by atoms with Crippen molar-refractivity contribution in [2.24, 2.45) is 7.05 Å². The Morgan fingerprint density at radius 3 is 2.46 bits per heavy atom. The zero-order chi connectivity index (χ0) is 17.9. The van der Waals surface area contributed by atoms with Gasteiger partial charge in [0.1, 0.15) is 12.2 Å². The van der Waals surface area contributed by atoms with E-state index in [1.165, 1.54) is 0 Å². The van der Waals surface area contributed by atoms with Crippen LogP contribution in [-0.4, -0.2) is 56.1 Å². The standard InChI is InChI=1S/C19H22N6O.2ClH/c1-23-10-9-21-19(23)18-17(15-5-3-2-4-6-15)22-14-25(18)13-16(26)24-11-7-20-8-12-24;;/h2-6,9-10,14,20H,7-8,11-13H2,1H3;2*1H. The number of aromatic nitrogens is 4. The maximum Gasteiger partial charge on any atom is 0.242 e. The molecule has 7 nitrogen and oxygen atoms in total. The van der Waals surface area contributed by atoms with Crippen LogP contribution in [0, 0.1) is 0 Å². The third kappa shape index (κ3) is 4.38. The van der Waals surface area contributed by atoms with E-state index in [0.29, 0.717) is 0 Å². The predicted octanol–water partition coefficient (Wildman–Crippen LogP) is 2.23. The predicted molar refractivity (Wildman–Crippen MR) is 114 cm³/mol. The molecule has 3 heterocycles. The first kappa shape index (κ1) is 21.9. The van der Waals surface area contributed by atoms with Crippen molar-refractivity contribution in [3.05, 3.63) is 49.1 Å². The Morgan fingerprint density at radius 1 is 1.11 bits per heavy atom. The molecule has 28 heavy (non-hydrogen) atoms. The van der Waals surface area contributed by atoms with E-state index in [4.69, 9.17) is 0 Å². The van der Waals surface area contributed by atoms with E-state index < -0.39 is 0 Å². The molecule has 1 aliphatic heterocycles. The molecule has 0 saturated carbocycles. The molecule has 1 N–H and O–H groups in total. The molecule has 9 heteroatoms. The molecule has 2 aromatic heterocycles. The van der Waals surface area contributed by atoms with Gasteiger partial charge in [0.05, 0.1) is 12.0 Å². The number of hydrogen-bond acceptors (Lipinski definition) is 4. The number of nitrogens with one attached hydrogen (secondary N) is 1. The first-order valence-electron chi connectivity index (χ1n) is 8.81. The van der Waals surface area contributed by atoms with Crippen LogP contribution in [0.3, 0.4) is 0 Å². The largest absolute Gasteiger partial charge is 0.339 e. The van der Waals surface area contributed by atoms with Crippen molar-refractivity contribution in [3.8, 4) is 22.8 Å². The van der Waals surface area contributed by atoms with Crippen molar-refractivity contribution >= 4 is 30.7 Å². The highest BCUT2D eigenvalue weighted by Crippen LogP contribution is 2.30. The minimum absolute atomic E-state index is 0. The Balaban J connectivity index is 0.00000140. The maximum atomic E-state index is 12.7. The first-order chi connectivity index (χ1) is 12.7. The van der Waals surface area contributed by atoms with Crippen LogP contribution >= 0.6 is 24.8 Å². The smallest absolute Gasteiger partial charge is 0.242 e. The number of hydrogen-bond donors (Lipinski definition) is 1. The zero-order valence-corrected chi connectivity index (χ0v) is 17.2. The van der Waals surface area contributed by atoms with Crippen molar-refractivity contribution in [2.75, 3.05) is 26.2 Å². The third-order valence-electron chi connectivity index (χ3n) is 4.69. The first-order valence-corrected chi connectivity index (χ1v) is 8.81. The molecule has 0 spiro atoms. The Bertz CT molecular complexity index is 902. The molecule has 150 valence electrons. The summed E-state index contributed by atoms with van der Waals surface area (Å²) in [6, 6.07) is 10.0. The van der Waals surface area contributed by atoms with Gasteiger partial charge in [0, 0.05) is 51.2 Å². The number of rotatable bonds is 4. The van der Waals surface area contributed by atoms with Crippen LogP contribution < -0.4 is 5.32 Å². The SMILES string of the molecule is Cl.Cl.Cn1ccnc1-c1c(-c2ccccc2)ncn1CC(=O)N1CCNCC1. The summed E-state index contributed by atoms with van der Waals surface area (Å²) < 4.78 is 3.87. The van der Waals surface area contributed by atoms with E-state index >= 15 is 0 Å². The summed E-state index contributed by atoms with van der Waals surface area (Å²) in [5.41, 5.74) is 2.72. The summed E-state index contributed by atoms with van der Waals surface area (Å²) in [4.78, 5) is 23.7. The van der Waals surface area contributed by atoms with E-state index in [1.807, 2.05) is 57.6 Å². The van der Waals surface area contributed by atoms with Gasteiger partial charge in [-0.1, -0.05) is 30.3 Å². The molecule has 0 bridgehead atoms. The highest BCUT2D eigenvalue weighted by molar-refractivity contribution is 5.85. The van der Waals surface area contributed by atoms with Crippen LogP contribution in [0.4, 0.5) is 0 Å². The fourth-order valence-corrected chi connectivity index (χ4v) is 3.30. The lowest BCUT2D eigenvalue weighted by Gasteiger charge is -2.27. The molecular formula is C19H24Cl2N6O. The lowest BCUT2D eigenvalue weighted by Crippen LogP contribution is -2.47. The number of amides is 1. The molecule has 4 rings (SSSR count). The second-order valence-electron chi connectivity index (χ2n) is 6.43. The van der Waals surface area contributed by atoms with Gasteiger partial charge in [-0.2, -0.15) is 0 Å². The highest BCUT2D eigenvalue weighted by Gasteiger charge is 2.22. The van der Waals surface area contributed by atoms with E-state index in [0.717, 1.165) is 49.0 Å². The zero-order valence-electron chi connectivity index (χ0n) is 15.6. The number of carbonyl (C=O) groups excluding carboxylic acids is 1. The van der Waals surface area contributed by atoms with Crippen molar-refractivity contribution < 1.29 is 4.79 Å². The Kier molecular flexibility index (Phi) is 7.62. The van der Waals surface area contributed by atoms with Gasteiger partial charge in [0.15, 0.2) is 5.82 Å². The molecule has 1 saturated heterocycles. The minimum Gasteiger partial charge on any atom is -0.339 e. The Morgan fingerprint density at radius 2 is 1.82 bits per heavy atom. The average molecular weight is 423 g/mol. The van der Waals surface area contributed by atoms with Gasteiger partial charge in [0.25, 0.3) is 0 Å². The topological polar surface area (TPSA) is 68.0 Å². The molecule has 1 aromatic carbocycles. The molecule has 1 fully saturated rings. The number of imidazole rings is 2. The third-order valence-corrected chi connectivity index (χ3v) is 4.69. The molecule has 1 amide bonds. The Labute approximate surface area is 176 Å². The summed E-state index contributed by atoms with van der Waals surface area (Å²) in [6.45, 7) is 3.45. The van der Waals surface area contributed by atoms with Gasteiger partial charge in [0.2, 0.25) is 5.91 Å². The van der Waals surface area contributed by atoms with Crippen LogP contribution in [0.15, 0.2) is 49.1 Å². The van der Waals surface area contributed by atoms with Gasteiger partial charge in [-0.25, -0.2) is 9.97 Å². The lowest BCUT2D eigenvalue weighted by molar-refractivity contribution is -0.132. The average Bonchev–Trinajstić information content (AvgIpc) is 3.28. The molecule has 0 aliphatic carbocycles. The molecule has 0 radical (unpaired) electrons. The van der Waals surface area contributed by atoms with E-state index in [9.17, 15) is 4.79 Å². The molecule has 0 atom stereocenters. The summed E-state index contributed by atoms with van der Waals surface area (Å²) in [6.07, 6.45) is 5.41. The molecular weight excluding hydrogens is 399 g/mol. The van der Waals surface area contributed by atoms with Crippen LogP contribution in [0.1, 0.15) is 0 Å². The quantitative estimate of drug-likeness (QED) is 0.699. The maximum absolute atomic E-state index is 12.7. The van der Waals surface area contributed by atoms with Crippen LogP contribution in [-0.2, 0) is 18.4 Å². The summed E-state index contributed by atoms with van der Waals surface area (Å²) in [5.74, 6) is 0.911. The number of piperazine rings is 1. The molecule has 0 unspecified atom stereocenters. The van der Waals surface area contributed by atoms with E-state index in [2.05, 4.69) is 15.3 Å². The van der Waals surface area contributed by atoms with Crippen molar-refractivity contribution in [1.29, 1.82) is 0 Å². The fourth-order valence-electron chi connectivity index (χ4n) is 3.30. The second kappa shape index (κ2) is 9.73. The van der Waals surface area contributed by atoms with Gasteiger partial charge in [-0.05, 0) is 0 Å². The van der Waals surface area contributed by atoms with E-state index in [1.54, 1.807) is 12.5 Å². The highest BCUT2D eigenvalue weighted by atomic mass is 35.5. The molecule has 3 aromatic rings. The van der Waals surface area contributed by atoms with Crippen LogP contribution in [0.25, 0.3) is 22.8 Å². The normalized spacial score (nSPS) is 13.5. The van der Waals surface area contributed by atoms with Gasteiger partial charge < -0.3 is 19.4 Å². The summed E-state index contributed by atoms with van der Waals surface area (Å²) in [7, 11) is 1.95. The number of carbonyl (C=O) groups is 1. The van der Waals surface area contributed by atoms with E-state index in [-0.39, 0.29) is 37.3 Å². The minimum atomic E-state index is 0. The Hall–Kier alpha value is -2.35. The number of halogens is 2. The second-order valence-corrected chi connectivity index (χ2v) is 6.43. The van der Waals surface area contributed by atoms with Crippen molar-refractivity contribution in [1.82, 2.24) is 29.3 Å². The van der Waals surface area contributed by atoms with Gasteiger partial charge in [-0.15, -0.1) is 24.8 Å². The summed E-state index contributed by atoms with van der Waals surface area (Å²) >= 11 is 0.